The summed E-state index contributed by atoms with van der Waals surface area (Å²) in [5.41, 5.74) is 2.68. The van der Waals surface area contributed by atoms with Crippen molar-refractivity contribution < 1.29 is 9.59 Å². The van der Waals surface area contributed by atoms with Gasteiger partial charge >= 0.3 is 0 Å². The van der Waals surface area contributed by atoms with Crippen LogP contribution >= 0.6 is 23.2 Å². The summed E-state index contributed by atoms with van der Waals surface area (Å²) in [4.78, 5) is 24.8. The van der Waals surface area contributed by atoms with Gasteiger partial charge in [0.2, 0.25) is 5.91 Å². The molecule has 2 N–H and O–H groups in total. The lowest BCUT2D eigenvalue weighted by Gasteiger charge is -2.08. The van der Waals surface area contributed by atoms with E-state index in [-0.39, 0.29) is 18.1 Å². The fourth-order valence-corrected chi connectivity index (χ4v) is 2.80. The predicted molar refractivity (Wildman–Crippen MR) is 109 cm³/mol. The van der Waals surface area contributed by atoms with Gasteiger partial charge < -0.3 is 10.6 Å². The van der Waals surface area contributed by atoms with Gasteiger partial charge in [0, 0.05) is 21.4 Å². The van der Waals surface area contributed by atoms with Crippen LogP contribution in [-0.4, -0.2) is 26.8 Å². The number of hydrogen-bond donors (Lipinski definition) is 2. The first-order valence-electron chi connectivity index (χ1n) is 8.36. The number of rotatable bonds is 5. The molecule has 0 spiro atoms. The van der Waals surface area contributed by atoms with E-state index in [1.54, 1.807) is 43.3 Å². The lowest BCUT2D eigenvalue weighted by Crippen LogP contribution is -2.21. The van der Waals surface area contributed by atoms with E-state index in [2.05, 4.69) is 20.9 Å². The van der Waals surface area contributed by atoms with Crippen LogP contribution in [0, 0.1) is 13.8 Å². The van der Waals surface area contributed by atoms with Gasteiger partial charge in [-0.15, -0.1) is 5.10 Å². The summed E-state index contributed by atoms with van der Waals surface area (Å²) < 4.78 is 1.37. The molecule has 0 bridgehead atoms. The average molecular weight is 418 g/mol. The molecule has 3 aromatic rings. The predicted octanol–water partition coefficient (Wildman–Crippen LogP) is 4.09. The minimum Gasteiger partial charge on any atom is -0.324 e. The first-order valence-corrected chi connectivity index (χ1v) is 9.12. The Morgan fingerprint density at radius 3 is 2.39 bits per heavy atom. The zero-order valence-electron chi connectivity index (χ0n) is 15.2. The van der Waals surface area contributed by atoms with Gasteiger partial charge in [0.15, 0.2) is 5.69 Å². The Balaban J connectivity index is 1.69. The lowest BCUT2D eigenvalue weighted by molar-refractivity contribution is -0.117. The molecule has 7 nitrogen and oxygen atoms in total. The van der Waals surface area contributed by atoms with Crippen LogP contribution in [0.1, 0.15) is 21.7 Å². The molecule has 2 amide bonds. The number of amides is 2. The molecule has 9 heteroatoms. The Bertz CT molecular complexity index is 1030. The number of halogens is 2. The van der Waals surface area contributed by atoms with Crippen LogP contribution in [0.25, 0.3) is 0 Å². The van der Waals surface area contributed by atoms with Crippen LogP contribution in [0.4, 0.5) is 11.4 Å². The van der Waals surface area contributed by atoms with Crippen LogP contribution in [0.3, 0.4) is 0 Å². The number of aromatic nitrogens is 3. The number of carbonyl (C=O) groups is 2. The van der Waals surface area contributed by atoms with Crippen molar-refractivity contribution in [1.29, 1.82) is 0 Å². The van der Waals surface area contributed by atoms with E-state index in [0.29, 0.717) is 27.1 Å². The molecule has 3 rings (SSSR count). The van der Waals surface area contributed by atoms with Gasteiger partial charge in [-0.3, -0.25) is 9.59 Å². The van der Waals surface area contributed by atoms with E-state index in [9.17, 15) is 9.59 Å². The van der Waals surface area contributed by atoms with E-state index >= 15 is 0 Å². The fourth-order valence-electron chi connectivity index (χ4n) is 2.50. The summed E-state index contributed by atoms with van der Waals surface area (Å²) >= 11 is 11.8. The average Bonchev–Trinajstić information content (AvgIpc) is 3.00. The molecule has 28 heavy (non-hydrogen) atoms. The van der Waals surface area contributed by atoms with Crippen molar-refractivity contribution in [2.45, 2.75) is 20.4 Å². The Kier molecular flexibility index (Phi) is 5.96. The minimum atomic E-state index is -0.424. The van der Waals surface area contributed by atoms with E-state index in [1.807, 2.05) is 13.0 Å². The second-order valence-corrected chi connectivity index (χ2v) is 7.02. The van der Waals surface area contributed by atoms with Crippen molar-refractivity contribution in [2.75, 3.05) is 10.6 Å². The molecule has 0 radical (unpaired) electrons. The van der Waals surface area contributed by atoms with Gasteiger partial charge in [0.25, 0.3) is 5.91 Å². The SMILES string of the molecule is Cc1ccc(Cl)cc1NC(=O)c1nnn(CC(=O)Nc2ccc(Cl)cc2)c1C. The molecular weight excluding hydrogens is 401 g/mol. The molecule has 0 unspecified atom stereocenters. The summed E-state index contributed by atoms with van der Waals surface area (Å²) in [5.74, 6) is -0.722. The van der Waals surface area contributed by atoms with Gasteiger partial charge in [-0.2, -0.15) is 0 Å². The van der Waals surface area contributed by atoms with E-state index in [0.717, 1.165) is 5.56 Å². The Morgan fingerprint density at radius 2 is 1.68 bits per heavy atom. The monoisotopic (exact) mass is 417 g/mol. The quantitative estimate of drug-likeness (QED) is 0.653. The highest BCUT2D eigenvalue weighted by Crippen LogP contribution is 2.21. The Hall–Kier alpha value is -2.90. The molecule has 1 aromatic heterocycles. The van der Waals surface area contributed by atoms with Crippen molar-refractivity contribution >= 4 is 46.4 Å². The number of hydrogen-bond acceptors (Lipinski definition) is 4. The first-order chi connectivity index (χ1) is 13.3. The maximum atomic E-state index is 12.5. The zero-order valence-corrected chi connectivity index (χ0v) is 16.7. The summed E-state index contributed by atoms with van der Waals surface area (Å²) in [5, 5.41) is 14.4. The zero-order chi connectivity index (χ0) is 20.3. The normalized spacial score (nSPS) is 10.6. The fraction of sp³-hybridized carbons (Fsp3) is 0.158. The van der Waals surface area contributed by atoms with Crippen molar-refractivity contribution in [1.82, 2.24) is 15.0 Å². The largest absolute Gasteiger partial charge is 0.324 e. The van der Waals surface area contributed by atoms with Crippen molar-refractivity contribution in [3.05, 3.63) is 69.5 Å². The standard InChI is InChI=1S/C19H17Cl2N5O2/c1-11-3-4-14(21)9-16(11)23-19(28)18-12(2)26(25-24-18)10-17(27)22-15-7-5-13(20)6-8-15/h3-9H,10H2,1-2H3,(H,22,27)(H,23,28). The van der Waals surface area contributed by atoms with Crippen LogP contribution in [-0.2, 0) is 11.3 Å². The van der Waals surface area contributed by atoms with Gasteiger partial charge in [0.05, 0.1) is 5.69 Å². The van der Waals surface area contributed by atoms with Crippen LogP contribution in [0.2, 0.25) is 10.0 Å². The van der Waals surface area contributed by atoms with E-state index in [1.165, 1.54) is 4.68 Å². The van der Waals surface area contributed by atoms with Gasteiger partial charge in [0.1, 0.15) is 6.54 Å². The van der Waals surface area contributed by atoms with Crippen molar-refractivity contribution in [2.24, 2.45) is 0 Å². The molecule has 0 aliphatic heterocycles. The number of aryl methyl sites for hydroxylation is 1. The highest BCUT2D eigenvalue weighted by Gasteiger charge is 2.19. The number of nitrogens with zero attached hydrogens (tertiary/aromatic N) is 3. The molecule has 0 aliphatic carbocycles. The second-order valence-electron chi connectivity index (χ2n) is 6.15. The third-order valence-corrected chi connectivity index (χ3v) is 4.55. The highest BCUT2D eigenvalue weighted by atomic mass is 35.5. The molecule has 0 atom stereocenters. The number of carbonyl (C=O) groups excluding carboxylic acids is 2. The third-order valence-electron chi connectivity index (χ3n) is 4.07. The first kappa shape index (κ1) is 19.9. The van der Waals surface area contributed by atoms with E-state index < -0.39 is 5.91 Å². The highest BCUT2D eigenvalue weighted by molar-refractivity contribution is 6.31. The maximum absolute atomic E-state index is 12.5. The van der Waals surface area contributed by atoms with E-state index in [4.69, 9.17) is 23.2 Å². The van der Waals surface area contributed by atoms with Gasteiger partial charge in [-0.25, -0.2) is 4.68 Å². The van der Waals surface area contributed by atoms with Crippen molar-refractivity contribution in [3.63, 3.8) is 0 Å². The maximum Gasteiger partial charge on any atom is 0.278 e. The molecule has 0 saturated carbocycles. The van der Waals surface area contributed by atoms with Crippen LogP contribution in [0.5, 0.6) is 0 Å². The topological polar surface area (TPSA) is 88.9 Å². The third kappa shape index (κ3) is 4.68. The minimum absolute atomic E-state index is 0.0784. The molecule has 0 saturated heterocycles. The second kappa shape index (κ2) is 8.41. The van der Waals surface area contributed by atoms with Gasteiger partial charge in [-0.05, 0) is 55.8 Å². The van der Waals surface area contributed by atoms with Crippen LogP contribution in [0.15, 0.2) is 42.5 Å². The molecular formula is C19H17Cl2N5O2. The number of benzene rings is 2. The molecule has 0 fully saturated rings. The summed E-state index contributed by atoms with van der Waals surface area (Å²) in [6.07, 6.45) is 0. The lowest BCUT2D eigenvalue weighted by atomic mass is 10.2. The number of nitrogens with one attached hydrogen (secondary N) is 2. The molecule has 0 aliphatic rings. The Labute approximate surface area is 171 Å². The molecule has 144 valence electrons. The summed E-state index contributed by atoms with van der Waals surface area (Å²) in [6.45, 7) is 3.46. The van der Waals surface area contributed by atoms with Crippen molar-refractivity contribution in [3.8, 4) is 0 Å². The molecule has 1 heterocycles. The summed E-state index contributed by atoms with van der Waals surface area (Å²) in [7, 11) is 0. The summed E-state index contributed by atoms with van der Waals surface area (Å²) in [6, 6.07) is 12.0. The number of anilines is 2. The molecule has 2 aromatic carbocycles. The van der Waals surface area contributed by atoms with Crippen LogP contribution < -0.4 is 10.6 Å². The van der Waals surface area contributed by atoms with Gasteiger partial charge in [-0.1, -0.05) is 34.5 Å². The Morgan fingerprint density at radius 1 is 1.00 bits per heavy atom. The smallest absolute Gasteiger partial charge is 0.278 e.